The van der Waals surface area contributed by atoms with Crippen molar-refractivity contribution in [2.45, 2.75) is 19.8 Å². The molecule has 0 aliphatic rings. The van der Waals surface area contributed by atoms with Crippen LogP contribution < -0.4 is 15.4 Å². The highest BCUT2D eigenvalue weighted by Crippen LogP contribution is 2.36. The van der Waals surface area contributed by atoms with Crippen LogP contribution in [0.15, 0.2) is 40.8 Å². The average Bonchev–Trinajstić information content (AvgIpc) is 2.95. The van der Waals surface area contributed by atoms with Gasteiger partial charge in [0.1, 0.15) is 16.9 Å². The lowest BCUT2D eigenvalue weighted by Crippen LogP contribution is -2.86. The molecule has 3 rings (SSSR count). The van der Waals surface area contributed by atoms with Crippen molar-refractivity contribution in [2.24, 2.45) is 0 Å². The van der Waals surface area contributed by atoms with Gasteiger partial charge in [-0.1, -0.05) is 31.5 Å². The van der Waals surface area contributed by atoms with Crippen molar-refractivity contribution >= 4 is 33.5 Å². The van der Waals surface area contributed by atoms with E-state index in [1.54, 1.807) is 7.11 Å². The highest BCUT2D eigenvalue weighted by molar-refractivity contribution is 6.07. The van der Waals surface area contributed by atoms with Gasteiger partial charge in [0.15, 0.2) is 6.54 Å². The van der Waals surface area contributed by atoms with Crippen molar-refractivity contribution in [2.75, 3.05) is 25.5 Å². The third-order valence-corrected chi connectivity index (χ3v) is 4.06. The number of nitrogens with two attached hydrogens (primary N) is 1. The van der Waals surface area contributed by atoms with Crippen LogP contribution in [0, 0.1) is 0 Å². The van der Waals surface area contributed by atoms with Crippen LogP contribution in [-0.2, 0) is 4.79 Å². The molecule has 24 heavy (non-hydrogen) atoms. The number of anilines is 1. The van der Waals surface area contributed by atoms with Crippen molar-refractivity contribution in [3.63, 3.8) is 0 Å². The highest BCUT2D eigenvalue weighted by atomic mass is 16.5. The molecule has 1 aromatic heterocycles. The number of hydrogen-bond acceptors (Lipinski definition) is 3. The molecule has 3 aromatic rings. The van der Waals surface area contributed by atoms with E-state index in [9.17, 15) is 4.79 Å². The lowest BCUT2D eigenvalue weighted by molar-refractivity contribution is -0.643. The zero-order chi connectivity index (χ0) is 16.9. The molecule has 5 heteroatoms. The topological polar surface area (TPSA) is 68.1 Å². The number of rotatable bonds is 7. The molecule has 0 atom stereocenters. The molecule has 1 heterocycles. The molecule has 1 amide bonds. The molecular weight excluding hydrogens is 304 g/mol. The second kappa shape index (κ2) is 7.36. The Balaban J connectivity index is 1.84. The first-order chi connectivity index (χ1) is 11.7. The lowest BCUT2D eigenvalue weighted by atomic mass is 10.1. The fraction of sp³-hybridized carbons (Fsp3) is 0.316. The number of benzene rings is 2. The minimum Gasteiger partial charge on any atom is -0.495 e. The quantitative estimate of drug-likeness (QED) is 0.656. The molecule has 0 saturated heterocycles. The van der Waals surface area contributed by atoms with Crippen LogP contribution >= 0.6 is 0 Å². The summed E-state index contributed by atoms with van der Waals surface area (Å²) in [6, 6.07) is 11.6. The maximum absolute atomic E-state index is 12.1. The van der Waals surface area contributed by atoms with Gasteiger partial charge in [-0.3, -0.25) is 4.79 Å². The monoisotopic (exact) mass is 327 g/mol. The Morgan fingerprint density at radius 2 is 2.04 bits per heavy atom. The number of amides is 1. The lowest BCUT2D eigenvalue weighted by Gasteiger charge is -2.10. The smallest absolute Gasteiger partial charge is 0.279 e. The fourth-order valence-corrected chi connectivity index (χ4v) is 2.80. The Morgan fingerprint density at radius 1 is 1.21 bits per heavy atom. The van der Waals surface area contributed by atoms with Gasteiger partial charge in [-0.2, -0.15) is 0 Å². The zero-order valence-electron chi connectivity index (χ0n) is 14.1. The number of fused-ring (bicyclic) bond motifs is 3. The van der Waals surface area contributed by atoms with Gasteiger partial charge in [0.25, 0.3) is 5.91 Å². The summed E-state index contributed by atoms with van der Waals surface area (Å²) in [5, 5.41) is 6.96. The van der Waals surface area contributed by atoms with E-state index in [1.807, 2.05) is 41.7 Å². The van der Waals surface area contributed by atoms with Gasteiger partial charge < -0.3 is 19.8 Å². The Kier molecular flexibility index (Phi) is 5.01. The van der Waals surface area contributed by atoms with E-state index in [0.29, 0.717) is 18.0 Å². The van der Waals surface area contributed by atoms with Crippen LogP contribution in [0.25, 0.3) is 21.9 Å². The first kappa shape index (κ1) is 16.3. The molecule has 0 fully saturated rings. The van der Waals surface area contributed by atoms with Gasteiger partial charge in [-0.25, -0.2) is 0 Å². The largest absolute Gasteiger partial charge is 0.495 e. The number of furan rings is 1. The molecule has 0 aliphatic heterocycles. The second-order valence-electron chi connectivity index (χ2n) is 5.83. The molecule has 126 valence electrons. The number of para-hydroxylation sites is 1. The van der Waals surface area contributed by atoms with Crippen molar-refractivity contribution in [3.05, 3.63) is 36.4 Å². The molecule has 0 spiro atoms. The van der Waals surface area contributed by atoms with Gasteiger partial charge >= 0.3 is 0 Å². The molecule has 0 aliphatic carbocycles. The predicted molar refractivity (Wildman–Crippen MR) is 95.5 cm³/mol. The molecule has 0 radical (unpaired) electrons. The molecule has 3 N–H and O–H groups in total. The summed E-state index contributed by atoms with van der Waals surface area (Å²) in [4.78, 5) is 12.1. The Bertz CT molecular complexity index is 854. The van der Waals surface area contributed by atoms with E-state index in [4.69, 9.17) is 9.15 Å². The third-order valence-electron chi connectivity index (χ3n) is 4.06. The number of ether oxygens (including phenoxy) is 1. The third kappa shape index (κ3) is 3.36. The van der Waals surface area contributed by atoms with E-state index in [0.717, 1.165) is 41.3 Å². The second-order valence-corrected chi connectivity index (χ2v) is 5.83. The minimum absolute atomic E-state index is 0.0418. The predicted octanol–water partition coefficient (Wildman–Crippen LogP) is 2.90. The Labute approximate surface area is 141 Å². The molecule has 5 nitrogen and oxygen atoms in total. The van der Waals surface area contributed by atoms with E-state index in [2.05, 4.69) is 12.2 Å². The fourth-order valence-electron chi connectivity index (χ4n) is 2.80. The van der Waals surface area contributed by atoms with Gasteiger partial charge in [0.2, 0.25) is 0 Å². The van der Waals surface area contributed by atoms with Crippen LogP contribution in [0.5, 0.6) is 5.75 Å². The van der Waals surface area contributed by atoms with Gasteiger partial charge in [0, 0.05) is 16.8 Å². The Morgan fingerprint density at radius 3 is 2.83 bits per heavy atom. The number of methoxy groups -OCH3 is 1. The summed E-state index contributed by atoms with van der Waals surface area (Å²) in [5.74, 6) is 0.593. The van der Waals surface area contributed by atoms with Crippen LogP contribution in [0.4, 0.5) is 5.69 Å². The first-order valence-electron chi connectivity index (χ1n) is 8.33. The number of unbranched alkanes of at least 4 members (excludes halogenated alkanes) is 1. The maximum atomic E-state index is 12.1. The number of quaternary nitrogens is 1. The molecule has 0 bridgehead atoms. The molecule has 0 saturated carbocycles. The normalized spacial score (nSPS) is 11.1. The van der Waals surface area contributed by atoms with E-state index < -0.39 is 0 Å². The summed E-state index contributed by atoms with van der Waals surface area (Å²) < 4.78 is 11.3. The SMILES string of the molecule is CCCC[NH2+]CC(=O)Nc1cc2oc3ccccc3c2cc1OC. The van der Waals surface area contributed by atoms with Crippen LogP contribution in [0.2, 0.25) is 0 Å². The zero-order valence-corrected chi connectivity index (χ0v) is 14.1. The molecule has 0 unspecified atom stereocenters. The van der Waals surface area contributed by atoms with E-state index >= 15 is 0 Å². The summed E-state index contributed by atoms with van der Waals surface area (Å²) in [6.45, 7) is 3.51. The number of carbonyl (C=O) groups excluding carboxylic acids is 1. The van der Waals surface area contributed by atoms with Crippen molar-refractivity contribution in [1.29, 1.82) is 0 Å². The number of nitrogens with one attached hydrogen (secondary N) is 1. The van der Waals surface area contributed by atoms with Gasteiger partial charge in [-0.15, -0.1) is 0 Å². The summed E-state index contributed by atoms with van der Waals surface area (Å²) in [6.07, 6.45) is 2.25. The van der Waals surface area contributed by atoms with Crippen molar-refractivity contribution < 1.29 is 19.3 Å². The maximum Gasteiger partial charge on any atom is 0.279 e. The Hall–Kier alpha value is -2.53. The van der Waals surface area contributed by atoms with Crippen molar-refractivity contribution in [3.8, 4) is 5.75 Å². The molecule has 2 aromatic carbocycles. The minimum atomic E-state index is -0.0418. The summed E-state index contributed by atoms with van der Waals surface area (Å²) in [5.41, 5.74) is 2.20. The standard InChI is InChI=1S/C19H22N2O3/c1-3-4-9-20-12-19(22)21-15-11-17-14(10-18(15)23-2)13-7-5-6-8-16(13)24-17/h5-8,10-11,20H,3-4,9,12H2,1-2H3,(H,21,22)/p+1. The van der Waals surface area contributed by atoms with Crippen molar-refractivity contribution in [1.82, 2.24) is 0 Å². The van der Waals surface area contributed by atoms with Crippen LogP contribution in [0.1, 0.15) is 19.8 Å². The summed E-state index contributed by atoms with van der Waals surface area (Å²) >= 11 is 0. The molecular formula is C19H23N2O3+. The summed E-state index contributed by atoms with van der Waals surface area (Å²) in [7, 11) is 1.60. The van der Waals surface area contributed by atoms with E-state index in [-0.39, 0.29) is 5.91 Å². The number of hydrogen-bond donors (Lipinski definition) is 2. The average molecular weight is 327 g/mol. The van der Waals surface area contributed by atoms with Crippen LogP contribution in [0.3, 0.4) is 0 Å². The number of carbonyl (C=O) groups is 1. The first-order valence-corrected chi connectivity index (χ1v) is 8.33. The van der Waals surface area contributed by atoms with Gasteiger partial charge in [-0.05, 0) is 18.6 Å². The van der Waals surface area contributed by atoms with Gasteiger partial charge in [0.05, 0.1) is 19.3 Å². The van der Waals surface area contributed by atoms with Crippen LogP contribution in [-0.4, -0.2) is 26.1 Å². The van der Waals surface area contributed by atoms with E-state index in [1.165, 1.54) is 0 Å². The highest BCUT2D eigenvalue weighted by Gasteiger charge is 2.14.